The molecular weight excluding hydrogens is 142 g/mol. The van der Waals surface area contributed by atoms with E-state index in [4.69, 9.17) is 0 Å². The Morgan fingerprint density at radius 1 is 1.60 bits per heavy atom. The SMILES string of the molecule is CSC#Cc1cccnc1. The molecule has 0 saturated carbocycles. The van der Waals surface area contributed by atoms with Gasteiger partial charge in [-0.25, -0.2) is 0 Å². The van der Waals surface area contributed by atoms with Gasteiger partial charge in [0, 0.05) is 18.0 Å². The van der Waals surface area contributed by atoms with Gasteiger partial charge in [0.25, 0.3) is 0 Å². The van der Waals surface area contributed by atoms with Crippen LogP contribution in [0.2, 0.25) is 0 Å². The monoisotopic (exact) mass is 149 g/mol. The fourth-order valence-corrected chi connectivity index (χ4v) is 0.767. The number of aromatic nitrogens is 1. The number of rotatable bonds is 0. The molecule has 1 heterocycles. The first-order chi connectivity index (χ1) is 4.93. The van der Waals surface area contributed by atoms with Crippen molar-refractivity contribution in [2.45, 2.75) is 0 Å². The second kappa shape index (κ2) is 3.97. The highest BCUT2D eigenvalue weighted by molar-refractivity contribution is 8.03. The van der Waals surface area contributed by atoms with Crippen LogP contribution in [0.3, 0.4) is 0 Å². The van der Waals surface area contributed by atoms with Crippen molar-refractivity contribution in [2.24, 2.45) is 0 Å². The minimum Gasteiger partial charge on any atom is -0.263 e. The van der Waals surface area contributed by atoms with Crippen LogP contribution < -0.4 is 0 Å². The van der Waals surface area contributed by atoms with Gasteiger partial charge in [-0.3, -0.25) is 4.98 Å². The van der Waals surface area contributed by atoms with Crippen molar-refractivity contribution in [3.8, 4) is 11.2 Å². The van der Waals surface area contributed by atoms with Gasteiger partial charge in [0.1, 0.15) is 0 Å². The summed E-state index contributed by atoms with van der Waals surface area (Å²) in [6.45, 7) is 0. The smallest absolute Gasteiger partial charge is 0.0437 e. The Hall–Kier alpha value is -0.940. The Morgan fingerprint density at radius 2 is 2.50 bits per heavy atom. The molecule has 0 aliphatic heterocycles. The fourth-order valence-electron chi connectivity index (χ4n) is 0.547. The van der Waals surface area contributed by atoms with Crippen LogP contribution >= 0.6 is 11.8 Å². The zero-order valence-corrected chi connectivity index (χ0v) is 6.48. The van der Waals surface area contributed by atoms with E-state index < -0.39 is 0 Å². The van der Waals surface area contributed by atoms with E-state index >= 15 is 0 Å². The van der Waals surface area contributed by atoms with Crippen molar-refractivity contribution in [1.82, 2.24) is 4.98 Å². The molecule has 10 heavy (non-hydrogen) atoms. The lowest BCUT2D eigenvalue weighted by Crippen LogP contribution is -1.73. The van der Waals surface area contributed by atoms with Gasteiger partial charge in [-0.05, 0) is 23.6 Å². The third-order valence-corrected chi connectivity index (χ3v) is 1.27. The molecule has 0 aliphatic rings. The molecule has 50 valence electrons. The zero-order chi connectivity index (χ0) is 7.23. The number of thioether (sulfide) groups is 1. The Bertz CT molecular complexity index is 245. The van der Waals surface area contributed by atoms with Gasteiger partial charge < -0.3 is 0 Å². The van der Waals surface area contributed by atoms with Crippen LogP contribution in [0.1, 0.15) is 5.56 Å². The molecule has 0 amide bonds. The lowest BCUT2D eigenvalue weighted by molar-refractivity contribution is 1.31. The van der Waals surface area contributed by atoms with Crippen LogP contribution in [-0.4, -0.2) is 11.2 Å². The highest BCUT2D eigenvalue weighted by atomic mass is 32.2. The van der Waals surface area contributed by atoms with Crippen molar-refractivity contribution >= 4 is 11.8 Å². The minimum absolute atomic E-state index is 0.969. The van der Waals surface area contributed by atoms with E-state index in [-0.39, 0.29) is 0 Å². The summed E-state index contributed by atoms with van der Waals surface area (Å²) in [5, 5.41) is 2.89. The number of pyridine rings is 1. The first-order valence-corrected chi connectivity index (χ1v) is 4.10. The molecule has 1 nitrogen and oxygen atoms in total. The standard InChI is InChI=1S/C8H7NS/c1-10-6-4-8-3-2-5-9-7-8/h2-3,5,7H,1H3. The molecule has 0 aromatic carbocycles. The van der Waals surface area contributed by atoms with Gasteiger partial charge >= 0.3 is 0 Å². The van der Waals surface area contributed by atoms with Crippen molar-refractivity contribution < 1.29 is 0 Å². The average molecular weight is 149 g/mol. The van der Waals surface area contributed by atoms with E-state index in [2.05, 4.69) is 16.2 Å². The molecule has 1 aromatic heterocycles. The third-order valence-electron chi connectivity index (χ3n) is 0.959. The Labute approximate surface area is 64.9 Å². The molecule has 0 saturated heterocycles. The van der Waals surface area contributed by atoms with Crippen molar-refractivity contribution in [1.29, 1.82) is 0 Å². The maximum Gasteiger partial charge on any atom is 0.0437 e. The molecular formula is C8H7NS. The zero-order valence-electron chi connectivity index (χ0n) is 5.66. The third kappa shape index (κ3) is 2.12. The summed E-state index contributed by atoms with van der Waals surface area (Å²) in [5.74, 6) is 2.94. The predicted octanol–water partition coefficient (Wildman–Crippen LogP) is 1.75. The molecule has 0 radical (unpaired) electrons. The normalized spacial score (nSPS) is 8.10. The van der Waals surface area contributed by atoms with Crippen LogP contribution in [-0.2, 0) is 0 Å². The quantitative estimate of drug-likeness (QED) is 0.521. The van der Waals surface area contributed by atoms with E-state index in [1.165, 1.54) is 11.8 Å². The van der Waals surface area contributed by atoms with Crippen molar-refractivity contribution in [3.63, 3.8) is 0 Å². The summed E-state index contributed by atoms with van der Waals surface area (Å²) < 4.78 is 0. The average Bonchev–Trinajstić information content (AvgIpc) is 2.03. The summed E-state index contributed by atoms with van der Waals surface area (Å²) in [6.07, 6.45) is 5.44. The van der Waals surface area contributed by atoms with Crippen LogP contribution in [0.5, 0.6) is 0 Å². The van der Waals surface area contributed by atoms with Crippen molar-refractivity contribution in [3.05, 3.63) is 30.1 Å². The van der Waals surface area contributed by atoms with Crippen LogP contribution in [0.15, 0.2) is 24.5 Å². The molecule has 1 aromatic rings. The Kier molecular flexibility index (Phi) is 2.85. The van der Waals surface area contributed by atoms with E-state index in [0.717, 1.165) is 5.56 Å². The first kappa shape index (κ1) is 7.17. The second-order valence-electron chi connectivity index (χ2n) is 1.67. The van der Waals surface area contributed by atoms with Gasteiger partial charge in [-0.15, -0.1) is 0 Å². The molecule has 1 rings (SSSR count). The van der Waals surface area contributed by atoms with Crippen molar-refractivity contribution in [2.75, 3.05) is 6.26 Å². The van der Waals surface area contributed by atoms with E-state index in [0.29, 0.717) is 0 Å². The summed E-state index contributed by atoms with van der Waals surface area (Å²) >= 11 is 1.51. The number of hydrogen-bond acceptors (Lipinski definition) is 2. The second-order valence-corrected chi connectivity index (χ2v) is 2.29. The highest BCUT2D eigenvalue weighted by Crippen LogP contribution is 1.93. The summed E-state index contributed by atoms with van der Waals surface area (Å²) in [7, 11) is 0. The maximum absolute atomic E-state index is 3.93. The molecule has 0 N–H and O–H groups in total. The fraction of sp³-hybridized carbons (Fsp3) is 0.125. The van der Waals surface area contributed by atoms with Crippen LogP contribution in [0.25, 0.3) is 0 Å². The summed E-state index contributed by atoms with van der Waals surface area (Å²) in [5.41, 5.74) is 0.969. The highest BCUT2D eigenvalue weighted by Gasteiger charge is 1.79. The predicted molar refractivity (Wildman–Crippen MR) is 44.6 cm³/mol. The van der Waals surface area contributed by atoms with E-state index in [1.54, 1.807) is 12.4 Å². The molecule has 0 aliphatic carbocycles. The summed E-state index contributed by atoms with van der Waals surface area (Å²) in [4.78, 5) is 3.93. The maximum atomic E-state index is 3.93. The molecule has 0 fully saturated rings. The van der Waals surface area contributed by atoms with E-state index in [1.807, 2.05) is 18.4 Å². The number of nitrogens with zero attached hydrogens (tertiary/aromatic N) is 1. The first-order valence-electron chi connectivity index (χ1n) is 2.87. The van der Waals surface area contributed by atoms with Gasteiger partial charge in [-0.2, -0.15) is 0 Å². The minimum atomic E-state index is 0.969. The summed E-state index contributed by atoms with van der Waals surface area (Å²) in [6, 6.07) is 3.82. The van der Waals surface area contributed by atoms with Gasteiger partial charge in [0.05, 0.1) is 0 Å². The largest absolute Gasteiger partial charge is 0.263 e. The van der Waals surface area contributed by atoms with E-state index in [9.17, 15) is 0 Å². The van der Waals surface area contributed by atoms with Crippen LogP contribution in [0.4, 0.5) is 0 Å². The molecule has 0 bridgehead atoms. The molecule has 0 spiro atoms. The van der Waals surface area contributed by atoms with Crippen LogP contribution in [0, 0.1) is 11.2 Å². The lowest BCUT2D eigenvalue weighted by Gasteiger charge is -1.83. The van der Waals surface area contributed by atoms with Gasteiger partial charge in [0.15, 0.2) is 0 Å². The molecule has 0 atom stereocenters. The number of hydrogen-bond donors (Lipinski definition) is 0. The lowest BCUT2D eigenvalue weighted by atomic mass is 10.3. The molecule has 0 unspecified atom stereocenters. The Balaban J connectivity index is 2.76. The molecule has 2 heteroatoms. The van der Waals surface area contributed by atoms with Gasteiger partial charge in [-0.1, -0.05) is 17.7 Å². The Morgan fingerprint density at radius 3 is 3.10 bits per heavy atom. The topological polar surface area (TPSA) is 12.9 Å². The van der Waals surface area contributed by atoms with Gasteiger partial charge in [0.2, 0.25) is 0 Å².